The Morgan fingerprint density at radius 2 is 2.21 bits per heavy atom. The monoisotopic (exact) mass is 295 g/mol. The predicted molar refractivity (Wildman–Crippen MR) is 79.2 cm³/mol. The van der Waals surface area contributed by atoms with E-state index in [1.165, 1.54) is 11.8 Å². The lowest BCUT2D eigenvalue weighted by Gasteiger charge is -2.13. The number of carboxylic acids is 1. The van der Waals surface area contributed by atoms with Crippen LogP contribution in [0.1, 0.15) is 18.2 Å². The van der Waals surface area contributed by atoms with Gasteiger partial charge in [-0.15, -0.1) is 11.8 Å². The Morgan fingerprint density at radius 3 is 2.84 bits per heavy atom. The molecule has 0 aliphatic carbocycles. The standard InChI is InChI=1S/C14H14ClNO2S/c1-3-9-8(2)16-13-10(5-4-6-11(13)15)14(9)19-7-12(17)18/h4-6H,3,7H2,1-2H3,(H,17,18). The van der Waals surface area contributed by atoms with Crippen molar-refractivity contribution in [3.05, 3.63) is 34.5 Å². The normalized spacial score (nSPS) is 10.9. The molecule has 1 aromatic carbocycles. The van der Waals surface area contributed by atoms with Crippen LogP contribution in [0.15, 0.2) is 23.1 Å². The molecule has 0 unspecified atom stereocenters. The maximum absolute atomic E-state index is 10.8. The smallest absolute Gasteiger partial charge is 0.313 e. The van der Waals surface area contributed by atoms with Crippen molar-refractivity contribution >= 4 is 40.2 Å². The maximum atomic E-state index is 10.8. The second-order valence-electron chi connectivity index (χ2n) is 4.18. The first-order valence-corrected chi connectivity index (χ1v) is 7.33. The van der Waals surface area contributed by atoms with Crippen LogP contribution in [0.25, 0.3) is 10.9 Å². The SMILES string of the molecule is CCc1c(C)nc2c(Cl)cccc2c1SCC(=O)O. The summed E-state index contributed by atoms with van der Waals surface area (Å²) in [5.41, 5.74) is 2.75. The van der Waals surface area contributed by atoms with Crippen LogP contribution in [-0.4, -0.2) is 21.8 Å². The lowest BCUT2D eigenvalue weighted by atomic mass is 10.1. The topological polar surface area (TPSA) is 50.2 Å². The highest BCUT2D eigenvalue weighted by atomic mass is 35.5. The minimum Gasteiger partial charge on any atom is -0.481 e. The van der Waals surface area contributed by atoms with Gasteiger partial charge in [0.1, 0.15) is 0 Å². The molecular formula is C14H14ClNO2S. The minimum atomic E-state index is -0.823. The van der Waals surface area contributed by atoms with Gasteiger partial charge in [0, 0.05) is 16.0 Å². The molecule has 0 radical (unpaired) electrons. The van der Waals surface area contributed by atoms with E-state index in [2.05, 4.69) is 4.98 Å². The van der Waals surface area contributed by atoms with Crippen LogP contribution in [0.3, 0.4) is 0 Å². The van der Waals surface area contributed by atoms with E-state index in [4.69, 9.17) is 16.7 Å². The van der Waals surface area contributed by atoms with E-state index in [1.54, 1.807) is 6.07 Å². The average molecular weight is 296 g/mol. The van der Waals surface area contributed by atoms with E-state index in [-0.39, 0.29) is 5.75 Å². The van der Waals surface area contributed by atoms with Crippen LogP contribution in [-0.2, 0) is 11.2 Å². The molecule has 1 N–H and O–H groups in total. The first-order chi connectivity index (χ1) is 9.04. The molecule has 0 atom stereocenters. The highest BCUT2D eigenvalue weighted by molar-refractivity contribution is 8.00. The molecule has 0 aliphatic rings. The number of fused-ring (bicyclic) bond motifs is 1. The van der Waals surface area contributed by atoms with Crippen LogP contribution >= 0.6 is 23.4 Å². The molecule has 0 saturated carbocycles. The number of hydrogen-bond acceptors (Lipinski definition) is 3. The molecule has 2 rings (SSSR count). The quantitative estimate of drug-likeness (QED) is 0.868. The number of aliphatic carboxylic acids is 1. The minimum absolute atomic E-state index is 0.0397. The highest BCUT2D eigenvalue weighted by Crippen LogP contribution is 2.35. The molecule has 0 spiro atoms. The zero-order chi connectivity index (χ0) is 14.0. The molecule has 100 valence electrons. The number of hydrogen-bond donors (Lipinski definition) is 1. The summed E-state index contributed by atoms with van der Waals surface area (Å²) >= 11 is 7.51. The molecule has 0 aliphatic heterocycles. The number of aromatic nitrogens is 1. The second-order valence-corrected chi connectivity index (χ2v) is 5.57. The van der Waals surface area contributed by atoms with Gasteiger partial charge in [0.2, 0.25) is 0 Å². The van der Waals surface area contributed by atoms with E-state index in [1.807, 2.05) is 26.0 Å². The van der Waals surface area contributed by atoms with Gasteiger partial charge in [-0.05, 0) is 25.0 Å². The van der Waals surface area contributed by atoms with Gasteiger partial charge in [-0.25, -0.2) is 0 Å². The van der Waals surface area contributed by atoms with E-state index in [0.29, 0.717) is 5.02 Å². The number of benzene rings is 1. The van der Waals surface area contributed by atoms with Gasteiger partial charge in [-0.2, -0.15) is 0 Å². The van der Waals surface area contributed by atoms with Crippen molar-refractivity contribution in [2.45, 2.75) is 25.2 Å². The molecule has 3 nitrogen and oxygen atoms in total. The Kier molecular flexibility index (Phi) is 4.32. The number of halogens is 1. The molecule has 2 aromatic rings. The second kappa shape index (κ2) is 5.80. The largest absolute Gasteiger partial charge is 0.481 e. The molecule has 0 fully saturated rings. The zero-order valence-electron chi connectivity index (χ0n) is 10.7. The van der Waals surface area contributed by atoms with Gasteiger partial charge in [0.25, 0.3) is 0 Å². The van der Waals surface area contributed by atoms with Crippen molar-refractivity contribution in [3.8, 4) is 0 Å². The number of nitrogens with zero attached hydrogens (tertiary/aromatic N) is 1. The number of carboxylic acid groups (broad SMARTS) is 1. The summed E-state index contributed by atoms with van der Waals surface area (Å²) in [5.74, 6) is -0.783. The Hall–Kier alpha value is -1.26. The van der Waals surface area contributed by atoms with Gasteiger partial charge in [-0.1, -0.05) is 30.7 Å². The number of carbonyl (C=O) groups is 1. The lowest BCUT2D eigenvalue weighted by Crippen LogP contribution is -2.02. The molecule has 0 amide bonds. The number of aryl methyl sites for hydroxylation is 1. The molecule has 19 heavy (non-hydrogen) atoms. The van der Waals surface area contributed by atoms with Crippen molar-refractivity contribution in [3.63, 3.8) is 0 Å². The zero-order valence-corrected chi connectivity index (χ0v) is 12.3. The van der Waals surface area contributed by atoms with Crippen molar-refractivity contribution < 1.29 is 9.90 Å². The summed E-state index contributed by atoms with van der Waals surface area (Å²) in [5, 5.41) is 10.4. The van der Waals surface area contributed by atoms with Crippen LogP contribution in [0.2, 0.25) is 5.02 Å². The van der Waals surface area contributed by atoms with E-state index in [9.17, 15) is 4.79 Å². The number of pyridine rings is 1. The van der Waals surface area contributed by atoms with Gasteiger partial charge in [0.15, 0.2) is 0 Å². The molecule has 1 heterocycles. The molecule has 1 aromatic heterocycles. The number of para-hydroxylation sites is 1. The third kappa shape index (κ3) is 2.85. The maximum Gasteiger partial charge on any atom is 0.313 e. The number of thioether (sulfide) groups is 1. The summed E-state index contributed by atoms with van der Waals surface area (Å²) < 4.78 is 0. The van der Waals surface area contributed by atoms with Crippen molar-refractivity contribution in [1.29, 1.82) is 0 Å². The predicted octanol–water partition coefficient (Wildman–Crippen LogP) is 3.94. The van der Waals surface area contributed by atoms with Crippen LogP contribution in [0, 0.1) is 6.92 Å². The third-order valence-electron chi connectivity index (χ3n) is 2.92. The van der Waals surface area contributed by atoms with E-state index < -0.39 is 5.97 Å². The Bertz CT molecular complexity index is 643. The molecular weight excluding hydrogens is 282 g/mol. The van der Waals surface area contributed by atoms with Gasteiger partial charge < -0.3 is 5.11 Å². The highest BCUT2D eigenvalue weighted by Gasteiger charge is 2.14. The van der Waals surface area contributed by atoms with Crippen molar-refractivity contribution in [1.82, 2.24) is 4.98 Å². The fourth-order valence-electron chi connectivity index (χ4n) is 2.09. The first kappa shape index (κ1) is 14.2. The van der Waals surface area contributed by atoms with E-state index in [0.717, 1.165) is 33.5 Å². The first-order valence-electron chi connectivity index (χ1n) is 5.96. The van der Waals surface area contributed by atoms with E-state index >= 15 is 0 Å². The fourth-order valence-corrected chi connectivity index (χ4v) is 3.36. The summed E-state index contributed by atoms with van der Waals surface area (Å²) in [6, 6.07) is 5.61. The summed E-state index contributed by atoms with van der Waals surface area (Å²) in [4.78, 5) is 16.3. The van der Waals surface area contributed by atoms with Crippen molar-refractivity contribution in [2.24, 2.45) is 0 Å². The molecule has 0 bridgehead atoms. The fraction of sp³-hybridized carbons (Fsp3) is 0.286. The van der Waals surface area contributed by atoms with Crippen LogP contribution in [0.5, 0.6) is 0 Å². The van der Waals surface area contributed by atoms with Gasteiger partial charge in [0.05, 0.1) is 16.3 Å². The molecule has 0 saturated heterocycles. The third-order valence-corrected chi connectivity index (χ3v) is 4.37. The molecule has 5 heteroatoms. The summed E-state index contributed by atoms with van der Waals surface area (Å²) in [7, 11) is 0. The Labute approximate surface area is 121 Å². The lowest BCUT2D eigenvalue weighted by molar-refractivity contribution is -0.133. The Morgan fingerprint density at radius 1 is 1.47 bits per heavy atom. The summed E-state index contributed by atoms with van der Waals surface area (Å²) in [6.07, 6.45) is 0.823. The van der Waals surface area contributed by atoms with Gasteiger partial charge >= 0.3 is 5.97 Å². The van der Waals surface area contributed by atoms with Gasteiger partial charge in [-0.3, -0.25) is 9.78 Å². The Balaban J connectivity index is 2.68. The average Bonchev–Trinajstić information content (AvgIpc) is 2.36. The summed E-state index contributed by atoms with van der Waals surface area (Å²) in [6.45, 7) is 3.98. The van der Waals surface area contributed by atoms with Crippen LogP contribution < -0.4 is 0 Å². The number of rotatable bonds is 4. The van der Waals surface area contributed by atoms with Crippen LogP contribution in [0.4, 0.5) is 0 Å². The van der Waals surface area contributed by atoms with Crippen molar-refractivity contribution in [2.75, 3.05) is 5.75 Å².